The Hall–Kier alpha value is -2.23. The lowest BCUT2D eigenvalue weighted by atomic mass is 10.2. The number of para-hydroxylation sites is 1. The monoisotopic (exact) mass is 418 g/mol. The van der Waals surface area contributed by atoms with Crippen molar-refractivity contribution >= 4 is 27.5 Å². The summed E-state index contributed by atoms with van der Waals surface area (Å²) in [5.41, 5.74) is 0.380. The molecule has 0 saturated heterocycles. The molecule has 0 aliphatic heterocycles. The summed E-state index contributed by atoms with van der Waals surface area (Å²) in [6.45, 7) is -3.12. The second kappa shape index (κ2) is 9.63. The minimum Gasteiger partial charge on any atom is -0.434 e. The molecule has 146 valence electrons. The number of carbonyl (C=O) groups is 1. The van der Waals surface area contributed by atoms with Crippen LogP contribution < -0.4 is 14.8 Å². The smallest absolute Gasteiger partial charge is 0.387 e. The van der Waals surface area contributed by atoms with Crippen LogP contribution in [0, 0.1) is 0 Å². The number of alkyl halides is 2. The van der Waals surface area contributed by atoms with Gasteiger partial charge in [-0.15, -0.1) is 0 Å². The summed E-state index contributed by atoms with van der Waals surface area (Å²) in [6.07, 6.45) is -0.127. The van der Waals surface area contributed by atoms with Gasteiger partial charge in [-0.2, -0.15) is 8.78 Å². The summed E-state index contributed by atoms with van der Waals surface area (Å²) in [7, 11) is -3.78. The molecule has 0 spiro atoms. The Morgan fingerprint density at radius 2 is 1.89 bits per heavy atom. The summed E-state index contributed by atoms with van der Waals surface area (Å²) < 4.78 is 55.6. The standard InChI is InChI=1S/C17H17ClF2N2O4S/c18-13-5-3-6-14(10-13)27(24,25)22-9-8-16(23)21-11-12-4-1-2-7-15(12)26-17(19)20/h1-7,10,17,22H,8-9,11H2,(H,21,23). The van der Waals surface area contributed by atoms with Crippen molar-refractivity contribution < 1.29 is 26.7 Å². The molecule has 10 heteroatoms. The number of ether oxygens (including phenoxy) is 1. The lowest BCUT2D eigenvalue weighted by molar-refractivity contribution is -0.121. The summed E-state index contributed by atoms with van der Waals surface area (Å²) in [5, 5.41) is 2.81. The number of sulfonamides is 1. The van der Waals surface area contributed by atoms with Gasteiger partial charge in [0.25, 0.3) is 0 Å². The number of nitrogens with one attached hydrogen (secondary N) is 2. The molecule has 0 bridgehead atoms. The molecule has 1 amide bonds. The zero-order valence-corrected chi connectivity index (χ0v) is 15.6. The predicted octanol–water partition coefficient (Wildman–Crippen LogP) is 2.93. The third kappa shape index (κ3) is 6.78. The van der Waals surface area contributed by atoms with Gasteiger partial charge in [-0.25, -0.2) is 13.1 Å². The maximum Gasteiger partial charge on any atom is 0.387 e. The number of hydrogen-bond acceptors (Lipinski definition) is 4. The molecule has 2 N–H and O–H groups in total. The number of halogens is 3. The fourth-order valence-electron chi connectivity index (χ4n) is 2.16. The van der Waals surface area contributed by atoms with Crippen molar-refractivity contribution in [3.05, 3.63) is 59.1 Å². The molecule has 0 saturated carbocycles. The summed E-state index contributed by atoms with van der Waals surface area (Å²) in [4.78, 5) is 11.9. The first kappa shape index (κ1) is 21.1. The second-order valence-corrected chi connectivity index (χ2v) is 7.57. The molecule has 0 heterocycles. The predicted molar refractivity (Wildman–Crippen MR) is 96.2 cm³/mol. The molecule has 0 aliphatic rings. The van der Waals surface area contributed by atoms with Crippen molar-refractivity contribution in [3.8, 4) is 5.75 Å². The van der Waals surface area contributed by atoms with Crippen molar-refractivity contribution in [2.75, 3.05) is 6.54 Å². The fraction of sp³-hybridized carbons (Fsp3) is 0.235. The molecule has 0 aromatic heterocycles. The molecular weight excluding hydrogens is 402 g/mol. The Balaban J connectivity index is 1.83. The Morgan fingerprint density at radius 3 is 2.59 bits per heavy atom. The lowest BCUT2D eigenvalue weighted by Crippen LogP contribution is -2.30. The van der Waals surface area contributed by atoms with Crippen molar-refractivity contribution in [2.24, 2.45) is 0 Å². The van der Waals surface area contributed by atoms with Gasteiger partial charge in [0.2, 0.25) is 15.9 Å². The van der Waals surface area contributed by atoms with Gasteiger partial charge in [0.15, 0.2) is 0 Å². The van der Waals surface area contributed by atoms with E-state index in [-0.39, 0.29) is 35.2 Å². The van der Waals surface area contributed by atoms with Crippen LogP contribution in [0.4, 0.5) is 8.78 Å². The van der Waals surface area contributed by atoms with Gasteiger partial charge in [-0.05, 0) is 24.3 Å². The van der Waals surface area contributed by atoms with Gasteiger partial charge in [0, 0.05) is 30.1 Å². The highest BCUT2D eigenvalue weighted by Gasteiger charge is 2.15. The van der Waals surface area contributed by atoms with E-state index >= 15 is 0 Å². The molecule has 2 aromatic rings. The highest BCUT2D eigenvalue weighted by atomic mass is 35.5. The topological polar surface area (TPSA) is 84.5 Å². The van der Waals surface area contributed by atoms with E-state index in [9.17, 15) is 22.0 Å². The van der Waals surface area contributed by atoms with Gasteiger partial charge in [-0.3, -0.25) is 4.79 Å². The van der Waals surface area contributed by atoms with Crippen molar-refractivity contribution in [2.45, 2.75) is 24.5 Å². The quantitative estimate of drug-likeness (QED) is 0.655. The van der Waals surface area contributed by atoms with Gasteiger partial charge in [0.05, 0.1) is 4.90 Å². The van der Waals surface area contributed by atoms with Gasteiger partial charge >= 0.3 is 6.61 Å². The Kier molecular flexibility index (Phi) is 7.52. The van der Waals surface area contributed by atoms with Crippen molar-refractivity contribution in [3.63, 3.8) is 0 Å². The fourth-order valence-corrected chi connectivity index (χ4v) is 3.49. The van der Waals surface area contributed by atoms with Crippen LogP contribution in [-0.2, 0) is 21.4 Å². The van der Waals surface area contributed by atoms with E-state index in [1.165, 1.54) is 30.3 Å². The Bertz CT molecular complexity index is 894. The van der Waals surface area contributed by atoms with E-state index in [1.54, 1.807) is 18.2 Å². The van der Waals surface area contributed by atoms with E-state index in [4.69, 9.17) is 11.6 Å². The van der Waals surface area contributed by atoms with E-state index in [2.05, 4.69) is 14.8 Å². The highest BCUT2D eigenvalue weighted by molar-refractivity contribution is 7.89. The Labute approximate surface area is 160 Å². The highest BCUT2D eigenvalue weighted by Crippen LogP contribution is 2.20. The zero-order chi connectivity index (χ0) is 19.9. The first-order valence-electron chi connectivity index (χ1n) is 7.82. The molecule has 0 atom stereocenters. The average molecular weight is 419 g/mol. The SMILES string of the molecule is O=C(CCNS(=O)(=O)c1cccc(Cl)c1)NCc1ccccc1OC(F)F. The molecular formula is C17H17ClF2N2O4S. The third-order valence-corrected chi connectivity index (χ3v) is 5.11. The number of amides is 1. The van der Waals surface area contributed by atoms with E-state index in [0.717, 1.165) is 0 Å². The van der Waals surface area contributed by atoms with Crippen LogP contribution in [0.5, 0.6) is 5.75 Å². The number of carbonyl (C=O) groups excluding carboxylic acids is 1. The van der Waals surface area contributed by atoms with Crippen LogP contribution in [0.1, 0.15) is 12.0 Å². The molecule has 27 heavy (non-hydrogen) atoms. The van der Waals surface area contributed by atoms with Gasteiger partial charge in [-0.1, -0.05) is 35.9 Å². The maximum absolute atomic E-state index is 12.4. The second-order valence-electron chi connectivity index (χ2n) is 5.37. The molecule has 0 fully saturated rings. The zero-order valence-electron chi connectivity index (χ0n) is 14.0. The normalized spacial score (nSPS) is 11.4. The molecule has 6 nitrogen and oxygen atoms in total. The van der Waals surface area contributed by atoms with Crippen LogP contribution in [0.2, 0.25) is 5.02 Å². The first-order chi connectivity index (χ1) is 12.8. The van der Waals surface area contributed by atoms with Crippen LogP contribution in [-0.4, -0.2) is 27.5 Å². The first-order valence-corrected chi connectivity index (χ1v) is 9.69. The van der Waals surface area contributed by atoms with E-state index in [0.29, 0.717) is 5.56 Å². The van der Waals surface area contributed by atoms with Crippen molar-refractivity contribution in [1.29, 1.82) is 0 Å². The molecule has 2 rings (SSSR count). The van der Waals surface area contributed by atoms with Gasteiger partial charge in [0.1, 0.15) is 5.75 Å². The summed E-state index contributed by atoms with van der Waals surface area (Å²) in [5.74, 6) is -0.481. The van der Waals surface area contributed by atoms with E-state index < -0.39 is 22.5 Å². The minimum absolute atomic E-state index is 0.00603. The van der Waals surface area contributed by atoms with Crippen molar-refractivity contribution in [1.82, 2.24) is 10.0 Å². The summed E-state index contributed by atoms with van der Waals surface area (Å²) >= 11 is 5.77. The van der Waals surface area contributed by atoms with Crippen LogP contribution >= 0.6 is 11.6 Å². The maximum atomic E-state index is 12.4. The molecule has 2 aromatic carbocycles. The minimum atomic E-state index is -3.78. The van der Waals surface area contributed by atoms with Crippen LogP contribution in [0.15, 0.2) is 53.4 Å². The Morgan fingerprint density at radius 1 is 1.15 bits per heavy atom. The number of hydrogen-bond donors (Lipinski definition) is 2. The number of benzene rings is 2. The van der Waals surface area contributed by atoms with Crippen LogP contribution in [0.3, 0.4) is 0 Å². The average Bonchev–Trinajstić information content (AvgIpc) is 2.60. The van der Waals surface area contributed by atoms with E-state index in [1.807, 2.05) is 0 Å². The molecule has 0 radical (unpaired) electrons. The molecule has 0 unspecified atom stereocenters. The van der Waals surface area contributed by atoms with Gasteiger partial charge < -0.3 is 10.1 Å². The lowest BCUT2D eigenvalue weighted by Gasteiger charge is -2.11. The molecule has 0 aliphatic carbocycles. The number of rotatable bonds is 9. The largest absolute Gasteiger partial charge is 0.434 e. The third-order valence-electron chi connectivity index (χ3n) is 3.42. The van der Waals surface area contributed by atoms with Crippen LogP contribution in [0.25, 0.3) is 0 Å². The summed E-state index contributed by atoms with van der Waals surface area (Å²) in [6, 6.07) is 11.8.